The summed E-state index contributed by atoms with van der Waals surface area (Å²) in [5.74, 6) is -3.43. The van der Waals surface area contributed by atoms with Crippen LogP contribution in [-0.4, -0.2) is 36.2 Å². The van der Waals surface area contributed by atoms with Crippen molar-refractivity contribution in [1.29, 1.82) is 0 Å². The highest BCUT2D eigenvalue weighted by molar-refractivity contribution is 6.02. The molecule has 26 heavy (non-hydrogen) atoms. The highest BCUT2D eigenvalue weighted by Crippen LogP contribution is 2.26. The molecule has 0 aliphatic rings. The maximum absolute atomic E-state index is 12.7. The minimum absolute atomic E-state index is 0.0151. The van der Waals surface area contributed by atoms with Crippen LogP contribution in [-0.2, 0) is 14.2 Å². The van der Waals surface area contributed by atoms with Crippen LogP contribution in [0.3, 0.4) is 0 Å². The van der Waals surface area contributed by atoms with Crippen LogP contribution in [0.25, 0.3) is 0 Å². The Bertz CT molecular complexity index is 559. The quantitative estimate of drug-likeness (QED) is 0.311. The third kappa shape index (κ3) is 6.77. The van der Waals surface area contributed by atoms with Crippen molar-refractivity contribution in [1.82, 2.24) is 0 Å². The van der Waals surface area contributed by atoms with Crippen molar-refractivity contribution < 1.29 is 28.9 Å². The fraction of sp³-hybridized carbons (Fsp3) is 0.600. The minimum atomic E-state index is -1.48. The lowest BCUT2D eigenvalue weighted by atomic mass is 10.1. The van der Waals surface area contributed by atoms with Crippen molar-refractivity contribution >= 4 is 11.9 Å². The number of benzene rings is 1. The summed E-state index contributed by atoms with van der Waals surface area (Å²) in [6.45, 7) is 6.82. The lowest BCUT2D eigenvalue weighted by Crippen LogP contribution is -2.42. The molecule has 0 aliphatic heterocycles. The van der Waals surface area contributed by atoms with E-state index in [0.29, 0.717) is 26.1 Å². The second-order valence-corrected chi connectivity index (χ2v) is 6.08. The fourth-order valence-electron chi connectivity index (χ4n) is 2.39. The van der Waals surface area contributed by atoms with Crippen LogP contribution in [0, 0.1) is 0 Å². The van der Waals surface area contributed by atoms with Gasteiger partial charge in [0, 0.05) is 6.42 Å². The number of aromatic carboxylic acids is 1. The summed E-state index contributed by atoms with van der Waals surface area (Å²) in [6, 6.07) is 5.96. The smallest absolute Gasteiger partial charge is 0.343 e. The summed E-state index contributed by atoms with van der Waals surface area (Å²) in [5.41, 5.74) is -0.122. The standard InChI is InChI=1S/C20H30O6/c1-4-7-14-24-20(13-6-3,25-15-8-5-2)26-19(23)17-12-10-9-11-16(17)18(21)22/h9-12H,4-8,13-15H2,1-3H3,(H,21,22). The Morgan fingerprint density at radius 2 is 1.46 bits per heavy atom. The molecule has 0 amide bonds. The van der Waals surface area contributed by atoms with Gasteiger partial charge >= 0.3 is 17.9 Å². The minimum Gasteiger partial charge on any atom is -0.478 e. The number of rotatable bonds is 13. The monoisotopic (exact) mass is 366 g/mol. The van der Waals surface area contributed by atoms with E-state index in [9.17, 15) is 14.7 Å². The maximum Gasteiger partial charge on any atom is 0.343 e. The number of carboxylic acids is 1. The SMILES string of the molecule is CCCCOC(CCC)(OCCCC)OC(=O)c1ccccc1C(=O)O. The number of carbonyl (C=O) groups is 2. The van der Waals surface area contributed by atoms with Crippen molar-refractivity contribution in [2.45, 2.75) is 65.3 Å². The molecule has 0 unspecified atom stereocenters. The van der Waals surface area contributed by atoms with Gasteiger partial charge in [0.15, 0.2) is 0 Å². The van der Waals surface area contributed by atoms with E-state index in [1.807, 2.05) is 20.8 Å². The van der Waals surface area contributed by atoms with Crippen molar-refractivity contribution in [3.63, 3.8) is 0 Å². The molecule has 6 nitrogen and oxygen atoms in total. The molecule has 0 aromatic heterocycles. The third-order valence-corrected chi connectivity index (χ3v) is 3.82. The molecule has 1 N–H and O–H groups in total. The first kappa shape index (κ1) is 22.1. The van der Waals surface area contributed by atoms with Crippen molar-refractivity contribution in [2.24, 2.45) is 0 Å². The predicted octanol–water partition coefficient (Wildman–Crippen LogP) is 4.63. The van der Waals surface area contributed by atoms with Gasteiger partial charge in [-0.1, -0.05) is 45.7 Å². The highest BCUT2D eigenvalue weighted by Gasteiger charge is 2.37. The largest absolute Gasteiger partial charge is 0.478 e. The normalized spacial score (nSPS) is 11.3. The van der Waals surface area contributed by atoms with E-state index in [1.54, 1.807) is 12.1 Å². The molecular formula is C20H30O6. The Kier molecular flexibility index (Phi) is 9.91. The third-order valence-electron chi connectivity index (χ3n) is 3.82. The zero-order chi connectivity index (χ0) is 19.4. The van der Waals surface area contributed by atoms with Crippen molar-refractivity contribution in [3.8, 4) is 0 Å². The fourth-order valence-corrected chi connectivity index (χ4v) is 2.39. The molecule has 1 aromatic carbocycles. The molecule has 0 saturated heterocycles. The molecule has 0 radical (unpaired) electrons. The van der Waals surface area contributed by atoms with Crippen LogP contribution < -0.4 is 0 Å². The van der Waals surface area contributed by atoms with Gasteiger partial charge in [0.1, 0.15) is 0 Å². The summed E-state index contributed by atoms with van der Waals surface area (Å²) in [6.07, 6.45) is 4.56. The Hall–Kier alpha value is -1.92. The molecule has 6 heteroatoms. The van der Waals surface area contributed by atoms with Crippen LogP contribution in [0.15, 0.2) is 24.3 Å². The Morgan fingerprint density at radius 3 is 1.92 bits per heavy atom. The number of unbranched alkanes of at least 4 members (excludes halogenated alkanes) is 2. The summed E-state index contributed by atoms with van der Waals surface area (Å²) < 4.78 is 17.3. The lowest BCUT2D eigenvalue weighted by Gasteiger charge is -2.32. The zero-order valence-electron chi connectivity index (χ0n) is 16.0. The molecule has 0 bridgehead atoms. The number of hydrogen-bond acceptors (Lipinski definition) is 5. The van der Waals surface area contributed by atoms with Crippen LogP contribution in [0.1, 0.15) is 80.0 Å². The van der Waals surface area contributed by atoms with E-state index >= 15 is 0 Å². The Balaban J connectivity index is 3.04. The first-order chi connectivity index (χ1) is 12.5. The predicted molar refractivity (Wildman–Crippen MR) is 98.2 cm³/mol. The molecule has 146 valence electrons. The van der Waals surface area contributed by atoms with Crippen molar-refractivity contribution in [3.05, 3.63) is 35.4 Å². The summed E-state index contributed by atoms with van der Waals surface area (Å²) in [4.78, 5) is 24.0. The molecule has 0 aliphatic carbocycles. The van der Waals surface area contributed by atoms with Crippen LogP contribution in [0.2, 0.25) is 0 Å². The summed E-state index contributed by atoms with van der Waals surface area (Å²) in [5, 5.41) is 9.29. The van der Waals surface area contributed by atoms with Crippen molar-refractivity contribution in [2.75, 3.05) is 13.2 Å². The molecule has 0 fully saturated rings. The zero-order valence-corrected chi connectivity index (χ0v) is 16.0. The van der Waals surface area contributed by atoms with E-state index in [0.717, 1.165) is 25.7 Å². The Labute approximate surface area is 155 Å². The van der Waals surface area contributed by atoms with Gasteiger partial charge in [-0.15, -0.1) is 0 Å². The van der Waals surface area contributed by atoms with Gasteiger partial charge in [0.25, 0.3) is 0 Å². The summed E-state index contributed by atoms with van der Waals surface area (Å²) in [7, 11) is 0. The van der Waals surface area contributed by atoms with Crippen LogP contribution >= 0.6 is 0 Å². The van der Waals surface area contributed by atoms with E-state index in [4.69, 9.17) is 14.2 Å². The molecular weight excluding hydrogens is 336 g/mol. The molecule has 0 atom stereocenters. The first-order valence-corrected chi connectivity index (χ1v) is 9.33. The van der Waals surface area contributed by atoms with Gasteiger partial charge in [-0.25, -0.2) is 9.59 Å². The lowest BCUT2D eigenvalue weighted by molar-refractivity contribution is -0.359. The topological polar surface area (TPSA) is 82.1 Å². The number of esters is 1. The maximum atomic E-state index is 12.7. The van der Waals surface area contributed by atoms with E-state index in [2.05, 4.69) is 0 Å². The van der Waals surface area contributed by atoms with Gasteiger partial charge in [0.2, 0.25) is 0 Å². The highest BCUT2D eigenvalue weighted by atomic mass is 16.9. The van der Waals surface area contributed by atoms with E-state index < -0.39 is 17.9 Å². The number of ether oxygens (including phenoxy) is 3. The number of carboxylic acid groups (broad SMARTS) is 1. The van der Waals surface area contributed by atoms with Gasteiger partial charge < -0.3 is 19.3 Å². The van der Waals surface area contributed by atoms with Crippen LogP contribution in [0.5, 0.6) is 0 Å². The average Bonchev–Trinajstić information content (AvgIpc) is 2.62. The molecule has 1 aromatic rings. The molecule has 0 spiro atoms. The van der Waals surface area contributed by atoms with Gasteiger partial charge in [-0.3, -0.25) is 0 Å². The van der Waals surface area contributed by atoms with E-state index in [1.165, 1.54) is 12.1 Å². The molecule has 1 rings (SSSR count). The first-order valence-electron chi connectivity index (χ1n) is 9.33. The molecule has 0 saturated carbocycles. The average molecular weight is 366 g/mol. The second kappa shape index (κ2) is 11.6. The van der Waals surface area contributed by atoms with Gasteiger partial charge in [-0.2, -0.15) is 0 Å². The summed E-state index contributed by atoms with van der Waals surface area (Å²) >= 11 is 0. The Morgan fingerprint density at radius 1 is 0.923 bits per heavy atom. The van der Waals surface area contributed by atoms with Gasteiger partial charge in [0.05, 0.1) is 24.3 Å². The van der Waals surface area contributed by atoms with Crippen LogP contribution in [0.4, 0.5) is 0 Å². The molecule has 0 heterocycles. The van der Waals surface area contributed by atoms with Gasteiger partial charge in [-0.05, 0) is 31.4 Å². The number of carbonyl (C=O) groups excluding carboxylic acids is 1. The number of hydrogen-bond donors (Lipinski definition) is 1. The second-order valence-electron chi connectivity index (χ2n) is 6.08. The van der Waals surface area contributed by atoms with E-state index in [-0.39, 0.29) is 11.1 Å².